The molecule has 2 nitrogen and oxygen atoms in total. The van der Waals surface area contributed by atoms with Crippen LogP contribution in [-0.2, 0) is 4.74 Å². The fourth-order valence-electron chi connectivity index (χ4n) is 2.54. The Kier molecular flexibility index (Phi) is 1.90. The highest BCUT2D eigenvalue weighted by Crippen LogP contribution is 2.40. The van der Waals surface area contributed by atoms with Crippen molar-refractivity contribution in [3.05, 3.63) is 0 Å². The second-order valence-electron chi connectivity index (χ2n) is 3.86. The van der Waals surface area contributed by atoms with Crippen molar-refractivity contribution in [2.45, 2.75) is 31.4 Å². The number of fused-ring (bicyclic) bond motifs is 1. The van der Waals surface area contributed by atoms with E-state index in [2.05, 4.69) is 11.9 Å². The van der Waals surface area contributed by atoms with Crippen LogP contribution in [0, 0.1) is 5.92 Å². The monoisotopic (exact) mass is 155 g/mol. The van der Waals surface area contributed by atoms with Crippen molar-refractivity contribution in [1.29, 1.82) is 0 Å². The highest BCUT2D eigenvalue weighted by atomic mass is 16.5. The Morgan fingerprint density at radius 1 is 1.45 bits per heavy atom. The molecule has 2 rings (SSSR count). The standard InChI is InChI=1S/C9H17NO/c1-10-5-3-4-7-8(10)6-9(7)11-2/h7-9H,3-6H2,1-2H3. The summed E-state index contributed by atoms with van der Waals surface area (Å²) in [6.07, 6.45) is 4.57. The Labute approximate surface area is 68.5 Å². The van der Waals surface area contributed by atoms with Gasteiger partial charge in [0.2, 0.25) is 0 Å². The van der Waals surface area contributed by atoms with Gasteiger partial charge in [0, 0.05) is 19.1 Å². The molecule has 2 heteroatoms. The predicted octanol–water partition coefficient (Wildman–Crippen LogP) is 1.12. The quantitative estimate of drug-likeness (QED) is 0.562. The van der Waals surface area contributed by atoms with E-state index in [1.165, 1.54) is 25.8 Å². The van der Waals surface area contributed by atoms with Crippen LogP contribution in [0.4, 0.5) is 0 Å². The SMILES string of the molecule is COC1CC2C1CCCN2C. The molecule has 3 unspecified atom stereocenters. The molecule has 1 aliphatic heterocycles. The molecule has 2 aliphatic rings. The van der Waals surface area contributed by atoms with Crippen LogP contribution in [0.15, 0.2) is 0 Å². The van der Waals surface area contributed by atoms with Gasteiger partial charge < -0.3 is 9.64 Å². The van der Waals surface area contributed by atoms with Crippen LogP contribution in [0.3, 0.4) is 0 Å². The largest absolute Gasteiger partial charge is 0.381 e. The Bertz CT molecular complexity index is 148. The summed E-state index contributed by atoms with van der Waals surface area (Å²) in [5.74, 6) is 0.846. The Hall–Kier alpha value is -0.0800. The number of hydrogen-bond donors (Lipinski definition) is 0. The summed E-state index contributed by atoms with van der Waals surface area (Å²) in [6, 6.07) is 0.841. The normalized spacial score (nSPS) is 44.7. The molecule has 0 aromatic heterocycles. The summed E-state index contributed by atoms with van der Waals surface area (Å²) in [5, 5.41) is 0. The van der Waals surface area contributed by atoms with Gasteiger partial charge in [-0.1, -0.05) is 0 Å². The van der Waals surface area contributed by atoms with E-state index in [4.69, 9.17) is 4.74 Å². The van der Waals surface area contributed by atoms with Gasteiger partial charge in [-0.25, -0.2) is 0 Å². The van der Waals surface area contributed by atoms with Gasteiger partial charge in [0.25, 0.3) is 0 Å². The van der Waals surface area contributed by atoms with Gasteiger partial charge in [-0.2, -0.15) is 0 Å². The summed E-state index contributed by atoms with van der Waals surface area (Å²) >= 11 is 0. The molecule has 0 N–H and O–H groups in total. The molecule has 0 radical (unpaired) electrons. The van der Waals surface area contributed by atoms with Crippen LogP contribution in [0.25, 0.3) is 0 Å². The lowest BCUT2D eigenvalue weighted by Crippen LogP contribution is -2.57. The van der Waals surface area contributed by atoms with E-state index in [9.17, 15) is 0 Å². The van der Waals surface area contributed by atoms with Gasteiger partial charge in [-0.05, 0) is 32.9 Å². The van der Waals surface area contributed by atoms with Crippen LogP contribution in [0.1, 0.15) is 19.3 Å². The lowest BCUT2D eigenvalue weighted by Gasteiger charge is -2.51. The molecule has 1 aliphatic carbocycles. The molecular weight excluding hydrogens is 138 g/mol. The number of methoxy groups -OCH3 is 1. The van der Waals surface area contributed by atoms with E-state index in [1.54, 1.807) is 0 Å². The zero-order valence-electron chi connectivity index (χ0n) is 7.42. The predicted molar refractivity (Wildman–Crippen MR) is 44.6 cm³/mol. The van der Waals surface area contributed by atoms with Crippen molar-refractivity contribution in [3.63, 3.8) is 0 Å². The first-order chi connectivity index (χ1) is 5.33. The van der Waals surface area contributed by atoms with E-state index in [0.717, 1.165) is 12.0 Å². The summed E-state index contributed by atoms with van der Waals surface area (Å²) in [7, 11) is 4.08. The number of piperidine rings is 1. The Balaban J connectivity index is 1.94. The summed E-state index contributed by atoms with van der Waals surface area (Å²) in [6.45, 7) is 1.29. The molecule has 0 spiro atoms. The van der Waals surface area contributed by atoms with Crippen molar-refractivity contribution in [3.8, 4) is 0 Å². The number of nitrogens with zero attached hydrogens (tertiary/aromatic N) is 1. The molecule has 0 amide bonds. The van der Waals surface area contributed by atoms with Gasteiger partial charge in [0.15, 0.2) is 0 Å². The molecule has 0 aromatic rings. The maximum Gasteiger partial charge on any atom is 0.0629 e. The van der Waals surface area contributed by atoms with Crippen LogP contribution in [-0.4, -0.2) is 37.7 Å². The molecule has 1 heterocycles. The minimum atomic E-state index is 0.572. The van der Waals surface area contributed by atoms with Gasteiger partial charge in [-0.3, -0.25) is 0 Å². The number of likely N-dealkylation sites (tertiary alicyclic amines) is 1. The third-order valence-corrected chi connectivity index (χ3v) is 3.36. The van der Waals surface area contributed by atoms with E-state index < -0.39 is 0 Å². The average molecular weight is 155 g/mol. The maximum absolute atomic E-state index is 5.38. The minimum Gasteiger partial charge on any atom is -0.381 e. The number of hydrogen-bond acceptors (Lipinski definition) is 2. The lowest BCUT2D eigenvalue weighted by atomic mass is 9.71. The first kappa shape index (κ1) is 7.56. The molecule has 1 saturated heterocycles. The summed E-state index contributed by atoms with van der Waals surface area (Å²) < 4.78 is 5.38. The molecule has 2 fully saturated rings. The third kappa shape index (κ3) is 1.09. The highest BCUT2D eigenvalue weighted by molar-refractivity contribution is 4.98. The molecule has 0 aromatic carbocycles. The van der Waals surface area contributed by atoms with Crippen LogP contribution >= 0.6 is 0 Å². The van der Waals surface area contributed by atoms with Crippen LogP contribution in [0.5, 0.6) is 0 Å². The molecule has 3 atom stereocenters. The smallest absolute Gasteiger partial charge is 0.0629 e. The summed E-state index contributed by atoms with van der Waals surface area (Å²) in [4.78, 5) is 2.49. The van der Waals surface area contributed by atoms with Gasteiger partial charge in [0.05, 0.1) is 6.10 Å². The van der Waals surface area contributed by atoms with Crippen molar-refractivity contribution in [1.82, 2.24) is 4.90 Å². The Morgan fingerprint density at radius 2 is 2.27 bits per heavy atom. The van der Waals surface area contributed by atoms with Gasteiger partial charge in [0.1, 0.15) is 0 Å². The maximum atomic E-state index is 5.38. The van der Waals surface area contributed by atoms with E-state index in [-0.39, 0.29) is 0 Å². The molecule has 1 saturated carbocycles. The zero-order valence-corrected chi connectivity index (χ0v) is 7.42. The molecule has 64 valence electrons. The lowest BCUT2D eigenvalue weighted by molar-refractivity contribution is -0.0996. The third-order valence-electron chi connectivity index (χ3n) is 3.36. The molecule has 11 heavy (non-hydrogen) atoms. The first-order valence-electron chi connectivity index (χ1n) is 4.56. The fraction of sp³-hybridized carbons (Fsp3) is 1.00. The summed E-state index contributed by atoms with van der Waals surface area (Å²) in [5.41, 5.74) is 0. The Morgan fingerprint density at radius 3 is 3.00 bits per heavy atom. The van der Waals surface area contributed by atoms with Crippen molar-refractivity contribution in [2.24, 2.45) is 5.92 Å². The van der Waals surface area contributed by atoms with E-state index in [0.29, 0.717) is 6.10 Å². The second-order valence-corrected chi connectivity index (χ2v) is 3.86. The van der Waals surface area contributed by atoms with E-state index in [1.807, 2.05) is 7.11 Å². The van der Waals surface area contributed by atoms with Crippen LogP contribution < -0.4 is 0 Å². The van der Waals surface area contributed by atoms with E-state index >= 15 is 0 Å². The molecule has 0 bridgehead atoms. The number of rotatable bonds is 1. The van der Waals surface area contributed by atoms with Gasteiger partial charge in [-0.15, -0.1) is 0 Å². The van der Waals surface area contributed by atoms with Crippen molar-refractivity contribution >= 4 is 0 Å². The van der Waals surface area contributed by atoms with Gasteiger partial charge >= 0.3 is 0 Å². The number of ether oxygens (including phenoxy) is 1. The topological polar surface area (TPSA) is 12.5 Å². The highest BCUT2D eigenvalue weighted by Gasteiger charge is 2.44. The van der Waals surface area contributed by atoms with Crippen LogP contribution in [0.2, 0.25) is 0 Å². The minimum absolute atomic E-state index is 0.572. The fourth-order valence-corrected chi connectivity index (χ4v) is 2.54. The zero-order chi connectivity index (χ0) is 7.84. The first-order valence-corrected chi connectivity index (χ1v) is 4.56. The van der Waals surface area contributed by atoms with Crippen molar-refractivity contribution in [2.75, 3.05) is 20.7 Å². The second kappa shape index (κ2) is 2.76. The van der Waals surface area contributed by atoms with Crippen molar-refractivity contribution < 1.29 is 4.74 Å². The molecular formula is C9H17NO. The average Bonchev–Trinajstić information content (AvgIpc) is 1.95.